The molecule has 3 rings (SSSR count). The highest BCUT2D eigenvalue weighted by molar-refractivity contribution is 9.10. The number of phenolic OH excluding ortho intramolecular Hbond substituents is 1. The van der Waals surface area contributed by atoms with Crippen LogP contribution in [0.2, 0.25) is 0 Å². The van der Waals surface area contributed by atoms with Gasteiger partial charge in [-0.2, -0.15) is 0 Å². The normalized spacial score (nSPS) is 16.5. The van der Waals surface area contributed by atoms with Crippen LogP contribution in [0.1, 0.15) is 19.4 Å². The number of halogens is 1. The number of hydrogen-bond acceptors (Lipinski definition) is 6. The minimum Gasteiger partial charge on any atom is -0.504 e. The van der Waals surface area contributed by atoms with Gasteiger partial charge in [-0.05, 0) is 68.1 Å². The lowest BCUT2D eigenvalue weighted by atomic mass is 10.1. The second-order valence-corrected chi connectivity index (χ2v) is 7.63. The summed E-state index contributed by atoms with van der Waals surface area (Å²) >= 11 is 4.60. The molecule has 1 aliphatic heterocycles. The average Bonchev–Trinajstić information content (AvgIpc) is 3.00. The maximum Gasteiger partial charge on any atom is 0.264 e. The molecule has 0 radical (unpaired) electrons. The van der Waals surface area contributed by atoms with Crippen molar-refractivity contribution in [1.29, 1.82) is 0 Å². The van der Waals surface area contributed by atoms with Crippen LogP contribution in [-0.2, 0) is 4.79 Å². The number of hydrogen-bond donors (Lipinski definition) is 2. The molecule has 0 atom stereocenters. The Kier molecular flexibility index (Phi) is 6.64. The second-order valence-electron chi connectivity index (χ2n) is 5.68. The van der Waals surface area contributed by atoms with Gasteiger partial charge in [0.25, 0.3) is 5.91 Å². The van der Waals surface area contributed by atoms with Gasteiger partial charge in [0.15, 0.2) is 16.7 Å². The number of phenols is 1. The van der Waals surface area contributed by atoms with Crippen LogP contribution in [0.4, 0.5) is 5.69 Å². The number of aromatic hydroxyl groups is 1. The first-order chi connectivity index (χ1) is 13.5. The van der Waals surface area contributed by atoms with Crippen molar-refractivity contribution in [2.75, 3.05) is 13.2 Å². The van der Waals surface area contributed by atoms with E-state index in [1.54, 1.807) is 18.2 Å². The summed E-state index contributed by atoms with van der Waals surface area (Å²) in [7, 11) is 0. The molecular weight excluding hydrogens is 444 g/mol. The zero-order chi connectivity index (χ0) is 20.1. The van der Waals surface area contributed by atoms with Gasteiger partial charge in [0.2, 0.25) is 0 Å². The van der Waals surface area contributed by atoms with Crippen molar-refractivity contribution < 1.29 is 19.4 Å². The highest BCUT2D eigenvalue weighted by Crippen LogP contribution is 2.37. The molecule has 8 heteroatoms. The highest BCUT2D eigenvalue weighted by Gasteiger charge is 2.24. The summed E-state index contributed by atoms with van der Waals surface area (Å²) in [5, 5.41) is 13.6. The first-order valence-electron chi connectivity index (χ1n) is 8.68. The van der Waals surface area contributed by atoms with Crippen LogP contribution >= 0.6 is 27.7 Å². The Bertz CT molecular complexity index is 942. The summed E-state index contributed by atoms with van der Waals surface area (Å²) in [6.07, 6.45) is 1.61. The molecule has 1 heterocycles. The molecule has 0 saturated carbocycles. The molecule has 1 amide bonds. The number of amidine groups is 1. The molecule has 1 aliphatic rings. The lowest BCUT2D eigenvalue weighted by Gasteiger charge is -2.09. The molecule has 0 spiro atoms. The summed E-state index contributed by atoms with van der Waals surface area (Å²) in [4.78, 5) is 17.2. The van der Waals surface area contributed by atoms with Gasteiger partial charge in [-0.3, -0.25) is 4.79 Å². The van der Waals surface area contributed by atoms with E-state index in [1.807, 2.05) is 38.1 Å². The molecule has 2 aromatic rings. The topological polar surface area (TPSA) is 80.2 Å². The van der Waals surface area contributed by atoms with Crippen LogP contribution in [-0.4, -0.2) is 29.4 Å². The van der Waals surface area contributed by atoms with Crippen LogP contribution in [0.5, 0.6) is 17.2 Å². The number of rotatable bonds is 6. The summed E-state index contributed by atoms with van der Waals surface area (Å²) in [5.74, 6) is 0.843. The van der Waals surface area contributed by atoms with Gasteiger partial charge in [0.05, 0.1) is 23.8 Å². The lowest BCUT2D eigenvalue weighted by Crippen LogP contribution is -2.19. The van der Waals surface area contributed by atoms with Gasteiger partial charge in [-0.25, -0.2) is 4.99 Å². The Morgan fingerprint density at radius 1 is 1.18 bits per heavy atom. The predicted octanol–water partition coefficient (Wildman–Crippen LogP) is 4.84. The number of carbonyl (C=O) groups is 1. The number of carbonyl (C=O) groups excluding carboxylic acids is 1. The predicted molar refractivity (Wildman–Crippen MR) is 115 cm³/mol. The van der Waals surface area contributed by atoms with Gasteiger partial charge < -0.3 is 19.9 Å². The molecule has 2 aromatic carbocycles. The van der Waals surface area contributed by atoms with Gasteiger partial charge in [-0.1, -0.05) is 15.9 Å². The first kappa shape index (κ1) is 20.3. The molecule has 1 fully saturated rings. The van der Waals surface area contributed by atoms with E-state index >= 15 is 0 Å². The van der Waals surface area contributed by atoms with Crippen LogP contribution in [0.3, 0.4) is 0 Å². The molecular formula is C20H19BrN2O4S. The summed E-state index contributed by atoms with van der Waals surface area (Å²) < 4.78 is 11.6. The second kappa shape index (κ2) is 9.16. The van der Waals surface area contributed by atoms with E-state index in [0.29, 0.717) is 40.3 Å². The Hall–Kier alpha value is -2.45. The third-order valence-corrected chi connectivity index (χ3v) is 5.05. The number of aliphatic imine (C=N–C) groups is 1. The number of nitrogens with one attached hydrogen (secondary N) is 1. The van der Waals surface area contributed by atoms with Crippen molar-refractivity contribution in [3.8, 4) is 17.2 Å². The van der Waals surface area contributed by atoms with Crippen molar-refractivity contribution in [3.05, 3.63) is 51.3 Å². The molecule has 0 unspecified atom stereocenters. The standard InChI is InChI=1S/C20H19BrN2O4S/c1-3-26-15-7-5-14(6-8-15)22-20-23-19(25)17(28-20)10-12-9-13(21)11-16(18(12)24)27-4-2/h5-11,24H,3-4H2,1-2H3,(H,22,23,25)/b17-10+. The molecule has 0 aliphatic carbocycles. The van der Waals surface area contributed by atoms with E-state index < -0.39 is 0 Å². The molecule has 146 valence electrons. The van der Waals surface area contributed by atoms with Gasteiger partial charge in [0.1, 0.15) is 5.75 Å². The van der Waals surface area contributed by atoms with E-state index in [2.05, 4.69) is 26.2 Å². The Labute approximate surface area is 175 Å². The largest absolute Gasteiger partial charge is 0.504 e. The Morgan fingerprint density at radius 2 is 1.89 bits per heavy atom. The monoisotopic (exact) mass is 462 g/mol. The highest BCUT2D eigenvalue weighted by atomic mass is 79.9. The minimum absolute atomic E-state index is 0.0112. The summed E-state index contributed by atoms with van der Waals surface area (Å²) in [6.45, 7) is 4.78. The maximum atomic E-state index is 12.3. The van der Waals surface area contributed by atoms with E-state index in [-0.39, 0.29) is 11.7 Å². The van der Waals surface area contributed by atoms with Gasteiger partial charge >= 0.3 is 0 Å². The lowest BCUT2D eigenvalue weighted by molar-refractivity contribution is -0.115. The number of thioether (sulfide) groups is 1. The molecule has 2 N–H and O–H groups in total. The van der Waals surface area contributed by atoms with Gasteiger partial charge in [-0.15, -0.1) is 0 Å². The van der Waals surface area contributed by atoms with E-state index in [4.69, 9.17) is 9.47 Å². The van der Waals surface area contributed by atoms with Crippen molar-refractivity contribution in [2.45, 2.75) is 13.8 Å². The zero-order valence-electron chi connectivity index (χ0n) is 15.4. The quantitative estimate of drug-likeness (QED) is 0.600. The van der Waals surface area contributed by atoms with Crippen molar-refractivity contribution in [3.63, 3.8) is 0 Å². The third-order valence-electron chi connectivity index (χ3n) is 3.68. The zero-order valence-corrected chi connectivity index (χ0v) is 17.8. The van der Waals surface area contributed by atoms with Crippen LogP contribution in [0, 0.1) is 0 Å². The third kappa shape index (κ3) is 4.88. The van der Waals surface area contributed by atoms with E-state index in [1.165, 1.54) is 11.8 Å². The Balaban J connectivity index is 1.82. The van der Waals surface area contributed by atoms with E-state index in [0.717, 1.165) is 10.2 Å². The number of ether oxygens (including phenoxy) is 2. The van der Waals surface area contributed by atoms with Gasteiger partial charge in [0, 0.05) is 10.0 Å². The molecule has 6 nitrogen and oxygen atoms in total. The number of nitrogens with zero attached hydrogens (tertiary/aromatic N) is 1. The molecule has 1 saturated heterocycles. The Morgan fingerprint density at radius 3 is 2.57 bits per heavy atom. The van der Waals surface area contributed by atoms with Crippen LogP contribution in [0.25, 0.3) is 6.08 Å². The fraction of sp³-hybridized carbons (Fsp3) is 0.200. The van der Waals surface area contributed by atoms with Crippen LogP contribution in [0.15, 0.2) is 50.8 Å². The summed E-state index contributed by atoms with van der Waals surface area (Å²) in [5.41, 5.74) is 1.19. The fourth-order valence-electron chi connectivity index (χ4n) is 2.49. The summed E-state index contributed by atoms with van der Waals surface area (Å²) in [6, 6.07) is 10.7. The van der Waals surface area contributed by atoms with Crippen molar-refractivity contribution in [2.24, 2.45) is 4.99 Å². The van der Waals surface area contributed by atoms with Crippen molar-refractivity contribution >= 4 is 50.5 Å². The van der Waals surface area contributed by atoms with E-state index in [9.17, 15) is 9.90 Å². The SMILES string of the molecule is CCOc1ccc(N=C2NC(=O)/C(=C\c3cc(Br)cc(OCC)c3O)S2)cc1. The molecule has 28 heavy (non-hydrogen) atoms. The smallest absolute Gasteiger partial charge is 0.264 e. The maximum absolute atomic E-state index is 12.3. The van der Waals surface area contributed by atoms with Crippen LogP contribution < -0.4 is 14.8 Å². The fourth-order valence-corrected chi connectivity index (χ4v) is 3.78. The number of benzene rings is 2. The van der Waals surface area contributed by atoms with Crippen molar-refractivity contribution in [1.82, 2.24) is 5.32 Å². The first-order valence-corrected chi connectivity index (χ1v) is 10.3. The number of amides is 1. The molecule has 0 bridgehead atoms. The minimum atomic E-state index is -0.271. The molecule has 0 aromatic heterocycles. The average molecular weight is 463 g/mol.